The summed E-state index contributed by atoms with van der Waals surface area (Å²) in [5.41, 5.74) is 0.500. The van der Waals surface area contributed by atoms with E-state index in [-0.39, 0.29) is 18.1 Å². The maximum atomic E-state index is 10.7. The van der Waals surface area contributed by atoms with Gasteiger partial charge in [0.05, 0.1) is 11.2 Å². The van der Waals surface area contributed by atoms with Crippen LogP contribution in [0.15, 0.2) is 35.0 Å². The van der Waals surface area contributed by atoms with Crippen LogP contribution >= 0.6 is 11.6 Å². The highest BCUT2D eigenvalue weighted by Gasteiger charge is 2.14. The number of hydrogen-bond acceptors (Lipinski definition) is 6. The number of rotatable bonds is 4. The first kappa shape index (κ1) is 13.3. The van der Waals surface area contributed by atoms with Gasteiger partial charge in [-0.05, 0) is 12.1 Å². The summed E-state index contributed by atoms with van der Waals surface area (Å²) < 4.78 is 6.39. The van der Waals surface area contributed by atoms with Crippen LogP contribution in [0.4, 0.5) is 0 Å². The Morgan fingerprint density at radius 1 is 1.38 bits per heavy atom. The zero-order valence-electron chi connectivity index (χ0n) is 10.5. The fourth-order valence-electron chi connectivity index (χ4n) is 1.68. The Morgan fingerprint density at radius 3 is 2.90 bits per heavy atom. The fraction of sp³-hybridized carbons (Fsp3) is 0.0833. The van der Waals surface area contributed by atoms with Crippen molar-refractivity contribution in [1.29, 1.82) is 0 Å². The van der Waals surface area contributed by atoms with Gasteiger partial charge < -0.3 is 9.63 Å². The van der Waals surface area contributed by atoms with Gasteiger partial charge in [-0.25, -0.2) is 9.48 Å². The van der Waals surface area contributed by atoms with Crippen LogP contribution in [0.5, 0.6) is 0 Å². The molecule has 0 aliphatic carbocycles. The maximum Gasteiger partial charge on any atom is 0.358 e. The summed E-state index contributed by atoms with van der Waals surface area (Å²) >= 11 is 6.05. The number of benzene rings is 1. The number of carboxylic acid groups (broad SMARTS) is 1. The van der Waals surface area contributed by atoms with Crippen LogP contribution in [-0.2, 0) is 6.54 Å². The number of nitrogens with zero attached hydrogens (tertiary/aromatic N) is 5. The van der Waals surface area contributed by atoms with E-state index in [0.717, 1.165) is 0 Å². The van der Waals surface area contributed by atoms with Crippen molar-refractivity contribution in [2.45, 2.75) is 6.54 Å². The molecule has 0 atom stereocenters. The number of hydrogen-bond donors (Lipinski definition) is 1. The molecule has 0 spiro atoms. The van der Waals surface area contributed by atoms with Crippen LogP contribution in [0.25, 0.3) is 11.4 Å². The van der Waals surface area contributed by atoms with Gasteiger partial charge in [-0.2, -0.15) is 4.98 Å². The van der Waals surface area contributed by atoms with Crippen molar-refractivity contribution >= 4 is 17.6 Å². The monoisotopic (exact) mass is 305 g/mol. The van der Waals surface area contributed by atoms with E-state index in [1.807, 2.05) is 6.07 Å². The molecule has 0 aliphatic rings. The van der Waals surface area contributed by atoms with E-state index < -0.39 is 5.97 Å². The normalized spacial score (nSPS) is 10.7. The Morgan fingerprint density at radius 2 is 2.19 bits per heavy atom. The van der Waals surface area contributed by atoms with Crippen LogP contribution in [0.2, 0.25) is 5.02 Å². The lowest BCUT2D eigenvalue weighted by Gasteiger charge is -1.96. The van der Waals surface area contributed by atoms with Crippen molar-refractivity contribution < 1.29 is 14.4 Å². The molecule has 2 aromatic heterocycles. The van der Waals surface area contributed by atoms with Crippen molar-refractivity contribution in [1.82, 2.24) is 25.1 Å². The highest BCUT2D eigenvalue weighted by atomic mass is 35.5. The van der Waals surface area contributed by atoms with Gasteiger partial charge in [-0.3, -0.25) is 0 Å². The molecule has 106 valence electrons. The topological polar surface area (TPSA) is 107 Å². The molecule has 1 N–H and O–H groups in total. The number of halogens is 1. The molecule has 0 bridgehead atoms. The van der Waals surface area contributed by atoms with Gasteiger partial charge in [-0.1, -0.05) is 34.1 Å². The van der Waals surface area contributed by atoms with Gasteiger partial charge in [0, 0.05) is 5.56 Å². The van der Waals surface area contributed by atoms with Crippen LogP contribution in [0.3, 0.4) is 0 Å². The smallest absolute Gasteiger partial charge is 0.358 e. The third-order valence-corrected chi connectivity index (χ3v) is 2.97. The van der Waals surface area contributed by atoms with Gasteiger partial charge in [-0.15, -0.1) is 5.10 Å². The van der Waals surface area contributed by atoms with E-state index in [1.54, 1.807) is 18.2 Å². The Kier molecular flexibility index (Phi) is 3.36. The minimum absolute atomic E-state index is 0.123. The maximum absolute atomic E-state index is 10.7. The molecule has 0 radical (unpaired) electrons. The van der Waals surface area contributed by atoms with Crippen molar-refractivity contribution in [2.75, 3.05) is 0 Å². The summed E-state index contributed by atoms with van der Waals surface area (Å²) in [6, 6.07) is 7.11. The second kappa shape index (κ2) is 5.33. The number of aromatic nitrogens is 5. The number of carbonyl (C=O) groups is 1. The standard InChI is InChI=1S/C12H8ClN5O3/c13-8-4-2-1-3-7(8)11-14-10(21-16-11)6-18-5-9(12(19)20)15-17-18/h1-5H,6H2,(H,19,20). The molecular weight excluding hydrogens is 298 g/mol. The summed E-state index contributed by atoms with van der Waals surface area (Å²) in [6.45, 7) is 0.123. The minimum atomic E-state index is -1.15. The molecule has 0 unspecified atom stereocenters. The van der Waals surface area contributed by atoms with Gasteiger partial charge in [0.2, 0.25) is 11.7 Å². The lowest BCUT2D eigenvalue weighted by molar-refractivity contribution is 0.0690. The predicted octanol–water partition coefficient (Wildman–Crippen LogP) is 1.73. The molecule has 0 saturated carbocycles. The van der Waals surface area contributed by atoms with Gasteiger partial charge in [0.15, 0.2) is 5.69 Å². The largest absolute Gasteiger partial charge is 0.476 e. The van der Waals surface area contributed by atoms with Gasteiger partial charge >= 0.3 is 5.97 Å². The van der Waals surface area contributed by atoms with Crippen molar-refractivity contribution in [3.63, 3.8) is 0 Å². The quantitative estimate of drug-likeness (QED) is 0.782. The first-order chi connectivity index (χ1) is 10.1. The summed E-state index contributed by atoms with van der Waals surface area (Å²) in [6.07, 6.45) is 1.28. The molecule has 0 saturated heterocycles. The second-order valence-electron chi connectivity index (χ2n) is 4.10. The zero-order valence-corrected chi connectivity index (χ0v) is 11.2. The summed E-state index contributed by atoms with van der Waals surface area (Å²) in [5.74, 6) is -0.524. The van der Waals surface area contributed by atoms with Crippen LogP contribution < -0.4 is 0 Å². The molecule has 0 aliphatic heterocycles. The summed E-state index contributed by atoms with van der Waals surface area (Å²) in [5, 5.41) is 20.3. The first-order valence-corrected chi connectivity index (χ1v) is 6.22. The minimum Gasteiger partial charge on any atom is -0.476 e. The van der Waals surface area contributed by atoms with Crippen molar-refractivity contribution in [3.05, 3.63) is 47.1 Å². The lowest BCUT2D eigenvalue weighted by atomic mass is 10.2. The Bertz CT molecular complexity index is 798. The molecule has 21 heavy (non-hydrogen) atoms. The van der Waals surface area contributed by atoms with E-state index in [1.165, 1.54) is 10.9 Å². The lowest BCUT2D eigenvalue weighted by Crippen LogP contribution is -2.01. The van der Waals surface area contributed by atoms with E-state index in [2.05, 4.69) is 20.5 Å². The Hall–Kier alpha value is -2.74. The number of aromatic carboxylic acids is 1. The van der Waals surface area contributed by atoms with E-state index >= 15 is 0 Å². The third-order valence-electron chi connectivity index (χ3n) is 2.64. The molecule has 2 heterocycles. The molecule has 3 aromatic rings. The first-order valence-electron chi connectivity index (χ1n) is 5.84. The van der Waals surface area contributed by atoms with Gasteiger partial charge in [0.1, 0.15) is 6.54 Å². The van der Waals surface area contributed by atoms with Crippen LogP contribution in [0.1, 0.15) is 16.4 Å². The molecule has 0 fully saturated rings. The van der Waals surface area contributed by atoms with Gasteiger partial charge in [0.25, 0.3) is 0 Å². The number of carboxylic acids is 1. The van der Waals surface area contributed by atoms with E-state index in [9.17, 15) is 4.79 Å². The summed E-state index contributed by atoms with van der Waals surface area (Å²) in [7, 11) is 0. The highest BCUT2D eigenvalue weighted by Crippen LogP contribution is 2.24. The van der Waals surface area contributed by atoms with Crippen LogP contribution in [0, 0.1) is 0 Å². The third kappa shape index (κ3) is 2.75. The summed E-state index contributed by atoms with van der Waals surface area (Å²) in [4.78, 5) is 14.9. The van der Waals surface area contributed by atoms with E-state index in [0.29, 0.717) is 16.4 Å². The second-order valence-corrected chi connectivity index (χ2v) is 4.51. The average molecular weight is 306 g/mol. The van der Waals surface area contributed by atoms with Crippen molar-refractivity contribution in [3.8, 4) is 11.4 Å². The zero-order chi connectivity index (χ0) is 14.8. The molecule has 1 aromatic carbocycles. The molecule has 3 rings (SSSR count). The molecule has 8 nitrogen and oxygen atoms in total. The Labute approximate surface area is 123 Å². The molecule has 0 amide bonds. The fourth-order valence-corrected chi connectivity index (χ4v) is 1.90. The predicted molar refractivity (Wildman–Crippen MR) is 70.8 cm³/mol. The molecule has 9 heteroatoms. The average Bonchev–Trinajstić information content (AvgIpc) is 3.09. The van der Waals surface area contributed by atoms with Crippen molar-refractivity contribution in [2.24, 2.45) is 0 Å². The Balaban J connectivity index is 1.82. The molecular formula is C12H8ClN5O3. The SMILES string of the molecule is O=C(O)c1cn(Cc2nc(-c3ccccc3Cl)no2)nn1. The van der Waals surface area contributed by atoms with Crippen LogP contribution in [-0.4, -0.2) is 36.2 Å². The highest BCUT2D eigenvalue weighted by molar-refractivity contribution is 6.33. The van der Waals surface area contributed by atoms with E-state index in [4.69, 9.17) is 21.2 Å².